The zero-order valence-corrected chi connectivity index (χ0v) is 36.3. The summed E-state index contributed by atoms with van der Waals surface area (Å²) in [5.74, 6) is 0. The zero-order valence-electron chi connectivity index (χ0n) is 36.3. The summed E-state index contributed by atoms with van der Waals surface area (Å²) in [5.41, 5.74) is 18.6. The van der Waals surface area contributed by atoms with Crippen LogP contribution in [-0.2, 0) is 0 Å². The van der Waals surface area contributed by atoms with Gasteiger partial charge < -0.3 is 9.47 Å². The van der Waals surface area contributed by atoms with E-state index in [2.05, 4.69) is 276 Å². The van der Waals surface area contributed by atoms with E-state index < -0.39 is 0 Å². The summed E-state index contributed by atoms with van der Waals surface area (Å²) in [4.78, 5) is 2.44. The Labute approximate surface area is 385 Å². The molecule has 2 heteroatoms. The topological polar surface area (TPSA) is 8.17 Å². The third-order valence-corrected chi connectivity index (χ3v) is 13.0. The van der Waals surface area contributed by atoms with Gasteiger partial charge in [0.25, 0.3) is 0 Å². The van der Waals surface area contributed by atoms with Crippen LogP contribution in [0, 0.1) is 0 Å². The fraction of sp³-hybridized carbons (Fsp3) is 0. The Morgan fingerprint density at radius 1 is 0.258 bits per heavy atom. The van der Waals surface area contributed by atoms with Gasteiger partial charge in [0, 0.05) is 33.4 Å². The van der Waals surface area contributed by atoms with Crippen LogP contribution in [0.15, 0.2) is 267 Å². The molecule has 2 nitrogen and oxygen atoms in total. The fourth-order valence-electron chi connectivity index (χ4n) is 9.96. The molecule has 0 aliphatic carbocycles. The average Bonchev–Trinajstić information content (AvgIpc) is 3.73. The summed E-state index contributed by atoms with van der Waals surface area (Å²) in [6.07, 6.45) is 0. The number of aromatic nitrogens is 1. The van der Waals surface area contributed by atoms with Crippen molar-refractivity contribution < 1.29 is 0 Å². The van der Waals surface area contributed by atoms with Gasteiger partial charge >= 0.3 is 0 Å². The molecule has 11 aromatic carbocycles. The van der Waals surface area contributed by atoms with Crippen molar-refractivity contribution in [2.45, 2.75) is 0 Å². The van der Waals surface area contributed by atoms with E-state index in [9.17, 15) is 0 Å². The molecule has 1 aromatic heterocycles. The maximum atomic E-state index is 2.44. The maximum Gasteiger partial charge on any atom is 0.0547 e. The number of nitrogens with zero attached hydrogens (tertiary/aromatic N) is 2. The predicted molar refractivity (Wildman–Crippen MR) is 280 cm³/mol. The van der Waals surface area contributed by atoms with Crippen LogP contribution in [0.25, 0.3) is 93.9 Å². The smallest absolute Gasteiger partial charge is 0.0547 e. The molecule has 0 N–H and O–H groups in total. The maximum absolute atomic E-state index is 2.44. The van der Waals surface area contributed by atoms with Crippen molar-refractivity contribution in [1.29, 1.82) is 0 Å². The standard InChI is InChI=1S/C64H44N2/c1-3-19-45(20-4-1)55-28-9-10-29-56(55)57-30-11-12-31-58(57)59-32-13-15-35-62(59)65(51-40-37-47(38-41-51)54-34-18-22-46-21-7-8-27-53(46)54)52-26-17-23-48(43-52)49-39-42-61-60-33-14-16-36-63(60)66(64(61)44-49)50-24-5-2-6-25-50/h1-44H. The van der Waals surface area contributed by atoms with E-state index in [1.165, 1.54) is 71.5 Å². The van der Waals surface area contributed by atoms with E-state index in [-0.39, 0.29) is 0 Å². The second kappa shape index (κ2) is 16.8. The van der Waals surface area contributed by atoms with Gasteiger partial charge in [-0.2, -0.15) is 0 Å². The van der Waals surface area contributed by atoms with Crippen LogP contribution in [0.1, 0.15) is 0 Å². The number of para-hydroxylation sites is 3. The SMILES string of the molecule is c1ccc(-c2ccccc2-c2ccccc2-c2ccccc2N(c2ccc(-c3cccc4ccccc34)cc2)c2cccc(-c3ccc4c5ccccc5n(-c5ccccc5)c4c3)c2)cc1. The minimum absolute atomic E-state index is 1.07. The van der Waals surface area contributed by atoms with Gasteiger partial charge in [-0.05, 0) is 115 Å². The molecular formula is C64H44N2. The average molecular weight is 841 g/mol. The minimum atomic E-state index is 1.07. The first-order valence-corrected chi connectivity index (χ1v) is 22.7. The normalized spacial score (nSPS) is 11.3. The van der Waals surface area contributed by atoms with Crippen molar-refractivity contribution in [3.63, 3.8) is 0 Å². The molecule has 310 valence electrons. The molecule has 0 bridgehead atoms. The third-order valence-electron chi connectivity index (χ3n) is 13.0. The van der Waals surface area contributed by atoms with E-state index in [0.717, 1.165) is 39.4 Å². The Balaban J connectivity index is 1.04. The highest BCUT2D eigenvalue weighted by Gasteiger charge is 2.21. The van der Waals surface area contributed by atoms with Crippen molar-refractivity contribution in [1.82, 2.24) is 4.57 Å². The lowest BCUT2D eigenvalue weighted by Gasteiger charge is -2.29. The second-order valence-electron chi connectivity index (χ2n) is 16.9. The Morgan fingerprint density at radius 2 is 0.758 bits per heavy atom. The summed E-state index contributed by atoms with van der Waals surface area (Å²) >= 11 is 0. The molecule has 12 rings (SSSR count). The summed E-state index contributed by atoms with van der Waals surface area (Å²) in [7, 11) is 0. The van der Waals surface area contributed by atoms with Gasteiger partial charge in [-0.15, -0.1) is 0 Å². The van der Waals surface area contributed by atoms with E-state index in [4.69, 9.17) is 0 Å². The van der Waals surface area contributed by atoms with E-state index in [1.807, 2.05) is 0 Å². The zero-order chi connectivity index (χ0) is 43.8. The highest BCUT2D eigenvalue weighted by Crippen LogP contribution is 2.46. The number of hydrogen-bond donors (Lipinski definition) is 0. The second-order valence-corrected chi connectivity index (χ2v) is 16.9. The predicted octanol–water partition coefficient (Wildman–Crippen LogP) is 17.7. The van der Waals surface area contributed by atoms with Crippen LogP contribution in [0.2, 0.25) is 0 Å². The van der Waals surface area contributed by atoms with Crippen molar-refractivity contribution >= 4 is 49.6 Å². The van der Waals surface area contributed by atoms with Gasteiger partial charge in [-0.1, -0.05) is 212 Å². The Hall–Kier alpha value is -8.72. The van der Waals surface area contributed by atoms with Gasteiger partial charge in [0.1, 0.15) is 0 Å². The van der Waals surface area contributed by atoms with E-state index in [0.29, 0.717) is 0 Å². The summed E-state index contributed by atoms with van der Waals surface area (Å²) in [6.45, 7) is 0. The molecule has 0 atom stereocenters. The molecule has 0 unspecified atom stereocenters. The largest absolute Gasteiger partial charge is 0.310 e. The van der Waals surface area contributed by atoms with Crippen molar-refractivity contribution in [2.24, 2.45) is 0 Å². The molecule has 1 heterocycles. The lowest BCUT2D eigenvalue weighted by atomic mass is 9.88. The Bertz CT molecular complexity index is 3690. The number of hydrogen-bond acceptors (Lipinski definition) is 1. The molecule has 0 saturated carbocycles. The number of fused-ring (bicyclic) bond motifs is 4. The lowest BCUT2D eigenvalue weighted by molar-refractivity contribution is 1.18. The van der Waals surface area contributed by atoms with Crippen LogP contribution >= 0.6 is 0 Å². The van der Waals surface area contributed by atoms with Gasteiger partial charge in [-0.3, -0.25) is 0 Å². The van der Waals surface area contributed by atoms with Gasteiger partial charge in [0.15, 0.2) is 0 Å². The van der Waals surface area contributed by atoms with Crippen LogP contribution in [0.4, 0.5) is 17.1 Å². The minimum Gasteiger partial charge on any atom is -0.310 e. The first kappa shape index (κ1) is 38.9. The number of benzene rings is 11. The number of anilines is 3. The summed E-state index contributed by atoms with van der Waals surface area (Å²) < 4.78 is 2.39. The molecule has 0 amide bonds. The van der Waals surface area contributed by atoms with Gasteiger partial charge in [0.05, 0.1) is 16.7 Å². The Kier molecular flexibility index (Phi) is 9.89. The molecule has 0 saturated heterocycles. The monoisotopic (exact) mass is 840 g/mol. The third kappa shape index (κ3) is 6.93. The molecule has 0 aliphatic rings. The first-order chi connectivity index (χ1) is 32.8. The lowest BCUT2D eigenvalue weighted by Crippen LogP contribution is -2.11. The van der Waals surface area contributed by atoms with Crippen molar-refractivity contribution in [2.75, 3.05) is 4.90 Å². The van der Waals surface area contributed by atoms with Gasteiger partial charge in [0.2, 0.25) is 0 Å². The van der Waals surface area contributed by atoms with Crippen LogP contribution < -0.4 is 4.90 Å². The molecule has 0 aliphatic heterocycles. The molecule has 0 spiro atoms. The van der Waals surface area contributed by atoms with Gasteiger partial charge in [-0.25, -0.2) is 0 Å². The molecule has 12 aromatic rings. The highest BCUT2D eigenvalue weighted by molar-refractivity contribution is 6.10. The van der Waals surface area contributed by atoms with Crippen LogP contribution in [-0.4, -0.2) is 4.57 Å². The van der Waals surface area contributed by atoms with Crippen molar-refractivity contribution in [3.05, 3.63) is 267 Å². The fourth-order valence-corrected chi connectivity index (χ4v) is 9.96. The quantitative estimate of drug-likeness (QED) is 0.141. The Morgan fingerprint density at radius 3 is 1.55 bits per heavy atom. The molecular weight excluding hydrogens is 797 g/mol. The summed E-state index contributed by atoms with van der Waals surface area (Å²) in [6, 6.07) is 96.9. The molecule has 0 fully saturated rings. The summed E-state index contributed by atoms with van der Waals surface area (Å²) in [5, 5.41) is 4.97. The van der Waals surface area contributed by atoms with Crippen LogP contribution in [0.5, 0.6) is 0 Å². The molecule has 66 heavy (non-hydrogen) atoms. The molecule has 0 radical (unpaired) electrons. The van der Waals surface area contributed by atoms with E-state index >= 15 is 0 Å². The number of rotatable bonds is 9. The first-order valence-electron chi connectivity index (χ1n) is 22.7. The van der Waals surface area contributed by atoms with Crippen LogP contribution in [0.3, 0.4) is 0 Å². The highest BCUT2D eigenvalue weighted by atomic mass is 15.1. The van der Waals surface area contributed by atoms with Crippen molar-refractivity contribution in [3.8, 4) is 61.3 Å². The van der Waals surface area contributed by atoms with E-state index in [1.54, 1.807) is 0 Å².